The molecule has 1 aromatic carbocycles. The monoisotopic (exact) mass is 396 g/mol. The molecule has 2 aromatic heterocycles. The second-order valence-corrected chi connectivity index (χ2v) is 6.93. The van der Waals surface area contributed by atoms with Gasteiger partial charge in [0.1, 0.15) is 17.6 Å². The Morgan fingerprint density at radius 1 is 1.34 bits per heavy atom. The third-order valence-corrected chi connectivity index (χ3v) is 4.95. The number of aryl methyl sites for hydroxylation is 1. The van der Waals surface area contributed by atoms with Crippen molar-refractivity contribution in [2.45, 2.75) is 33.0 Å². The molecule has 2 bridgehead atoms. The Kier molecular flexibility index (Phi) is 4.65. The molecule has 2 N–H and O–H groups in total. The number of fused-ring (bicyclic) bond motifs is 5. The summed E-state index contributed by atoms with van der Waals surface area (Å²) >= 11 is 0. The van der Waals surface area contributed by atoms with Gasteiger partial charge in [0.15, 0.2) is 5.82 Å². The van der Waals surface area contributed by atoms with E-state index < -0.39 is 11.9 Å². The summed E-state index contributed by atoms with van der Waals surface area (Å²) in [6.45, 7) is 4.61. The van der Waals surface area contributed by atoms with Crippen molar-refractivity contribution in [3.8, 4) is 17.3 Å². The molecular formula is C20H21FN6O2. The first-order chi connectivity index (χ1) is 13.9. The number of amides is 1. The van der Waals surface area contributed by atoms with E-state index in [0.717, 1.165) is 11.3 Å². The van der Waals surface area contributed by atoms with E-state index in [-0.39, 0.29) is 17.6 Å². The number of aromatic nitrogens is 4. The molecule has 1 amide bonds. The summed E-state index contributed by atoms with van der Waals surface area (Å²) in [5.74, 6) is -0.459. The first kappa shape index (κ1) is 18.9. The van der Waals surface area contributed by atoms with Gasteiger partial charge in [-0.25, -0.2) is 14.4 Å². The largest absolute Gasteiger partial charge is 0.467 e. The highest BCUT2D eigenvalue weighted by molar-refractivity contribution is 5.95. The van der Waals surface area contributed by atoms with E-state index in [1.54, 1.807) is 35.9 Å². The fourth-order valence-corrected chi connectivity index (χ4v) is 3.49. The maximum Gasteiger partial charge on any atom is 0.258 e. The van der Waals surface area contributed by atoms with Crippen LogP contribution in [0.15, 0.2) is 30.6 Å². The van der Waals surface area contributed by atoms with E-state index in [0.29, 0.717) is 29.9 Å². The van der Waals surface area contributed by atoms with Crippen LogP contribution < -0.4 is 10.5 Å². The van der Waals surface area contributed by atoms with Crippen LogP contribution >= 0.6 is 0 Å². The molecule has 0 aliphatic carbocycles. The molecule has 0 fully saturated rings. The molecule has 0 saturated heterocycles. The molecule has 8 nitrogen and oxygen atoms in total. The van der Waals surface area contributed by atoms with Crippen LogP contribution in [0.4, 0.5) is 10.2 Å². The summed E-state index contributed by atoms with van der Waals surface area (Å²) in [5, 5.41) is 4.40. The second-order valence-electron chi connectivity index (χ2n) is 6.93. The van der Waals surface area contributed by atoms with Crippen molar-refractivity contribution in [3.05, 3.63) is 53.1 Å². The summed E-state index contributed by atoms with van der Waals surface area (Å²) in [4.78, 5) is 23.5. The molecular weight excluding hydrogens is 375 g/mol. The van der Waals surface area contributed by atoms with Gasteiger partial charge in [-0.15, -0.1) is 0 Å². The van der Waals surface area contributed by atoms with Crippen LogP contribution in [0.5, 0.6) is 5.88 Å². The zero-order chi connectivity index (χ0) is 20.7. The molecule has 0 spiro atoms. The van der Waals surface area contributed by atoms with E-state index in [1.165, 1.54) is 18.2 Å². The number of rotatable bonds is 1. The fourth-order valence-electron chi connectivity index (χ4n) is 3.49. The number of halogens is 1. The molecule has 4 rings (SSSR count). The number of nitrogen functional groups attached to an aromatic ring is 1. The van der Waals surface area contributed by atoms with Gasteiger partial charge >= 0.3 is 0 Å². The number of nitrogens with zero attached hydrogens (tertiary/aromatic N) is 5. The smallest absolute Gasteiger partial charge is 0.258 e. The normalized spacial score (nSPS) is 16.3. The van der Waals surface area contributed by atoms with Crippen LogP contribution in [-0.2, 0) is 13.1 Å². The van der Waals surface area contributed by atoms with E-state index in [4.69, 9.17) is 10.5 Å². The van der Waals surface area contributed by atoms with E-state index in [9.17, 15) is 9.18 Å². The van der Waals surface area contributed by atoms with E-state index in [1.807, 2.05) is 6.92 Å². The summed E-state index contributed by atoms with van der Waals surface area (Å²) < 4.78 is 21.7. The van der Waals surface area contributed by atoms with Crippen LogP contribution in [0.2, 0.25) is 0 Å². The molecule has 3 heterocycles. The molecule has 3 aromatic rings. The van der Waals surface area contributed by atoms with Crippen LogP contribution in [0.3, 0.4) is 0 Å². The molecule has 1 atom stereocenters. The zero-order valence-electron chi connectivity index (χ0n) is 16.4. The van der Waals surface area contributed by atoms with Gasteiger partial charge in [0.05, 0.1) is 18.1 Å². The molecule has 0 unspecified atom stereocenters. The molecule has 0 saturated carbocycles. The van der Waals surface area contributed by atoms with Crippen molar-refractivity contribution < 1.29 is 13.9 Å². The lowest BCUT2D eigenvalue weighted by molar-refractivity contribution is 0.0780. The van der Waals surface area contributed by atoms with Crippen LogP contribution in [0, 0.1) is 5.82 Å². The number of carbonyl (C=O) groups excluding carboxylic acids is 1. The van der Waals surface area contributed by atoms with Crippen LogP contribution in [-0.4, -0.2) is 37.6 Å². The second kappa shape index (κ2) is 7.16. The molecule has 1 aliphatic rings. The molecule has 9 heteroatoms. The summed E-state index contributed by atoms with van der Waals surface area (Å²) in [6, 6.07) is 4.03. The SMILES string of the molecule is CCn1ncc2c1-c1cnc(N)c(n1)O[C@H](C)c1cc(F)ccc1C(=O)N(C)C2. The number of hydrogen-bond acceptors (Lipinski definition) is 6. The standard InChI is InChI=1S/C20H21FN6O2/c1-4-27-17-12(8-24-27)10-26(3)20(28)14-6-5-13(21)7-15(14)11(2)29-19-18(22)23-9-16(17)25-19/h5-9,11H,4,10H2,1-3H3,(H2,22,23)/t11-/m1/s1. The number of benzene rings is 1. The van der Waals surface area contributed by atoms with Gasteiger partial charge in [-0.3, -0.25) is 9.48 Å². The minimum Gasteiger partial charge on any atom is -0.467 e. The predicted octanol–water partition coefficient (Wildman–Crippen LogP) is 2.81. The van der Waals surface area contributed by atoms with Crippen molar-refractivity contribution >= 4 is 11.7 Å². The first-order valence-electron chi connectivity index (χ1n) is 9.28. The van der Waals surface area contributed by atoms with Crippen LogP contribution in [0.25, 0.3) is 11.4 Å². The van der Waals surface area contributed by atoms with Crippen molar-refractivity contribution in [2.24, 2.45) is 0 Å². The Balaban J connectivity index is 1.94. The van der Waals surface area contributed by atoms with Crippen molar-refractivity contribution in [1.29, 1.82) is 0 Å². The average Bonchev–Trinajstić information content (AvgIpc) is 3.10. The third kappa shape index (κ3) is 3.28. The molecule has 0 radical (unpaired) electrons. The Labute approximate surface area is 167 Å². The summed E-state index contributed by atoms with van der Waals surface area (Å²) in [7, 11) is 1.69. The van der Waals surface area contributed by atoms with E-state index >= 15 is 0 Å². The molecule has 1 aliphatic heterocycles. The lowest BCUT2D eigenvalue weighted by Gasteiger charge is -2.23. The summed E-state index contributed by atoms with van der Waals surface area (Å²) in [6.07, 6.45) is 2.60. The maximum atomic E-state index is 13.9. The lowest BCUT2D eigenvalue weighted by atomic mass is 10.0. The number of carbonyl (C=O) groups is 1. The Morgan fingerprint density at radius 3 is 2.90 bits per heavy atom. The Hall–Kier alpha value is -3.49. The minimum absolute atomic E-state index is 0.114. The topological polar surface area (TPSA) is 99.2 Å². The lowest BCUT2D eigenvalue weighted by Crippen LogP contribution is -2.28. The number of ether oxygens (including phenoxy) is 1. The van der Waals surface area contributed by atoms with Crippen LogP contribution in [0.1, 0.15) is 41.4 Å². The van der Waals surface area contributed by atoms with Gasteiger partial charge < -0.3 is 15.4 Å². The van der Waals surface area contributed by atoms with Gasteiger partial charge in [-0.2, -0.15) is 5.10 Å². The van der Waals surface area contributed by atoms with Gasteiger partial charge in [-0.1, -0.05) is 0 Å². The number of anilines is 1. The molecule has 150 valence electrons. The van der Waals surface area contributed by atoms with Gasteiger partial charge in [0.25, 0.3) is 11.8 Å². The Morgan fingerprint density at radius 2 is 2.14 bits per heavy atom. The highest BCUT2D eigenvalue weighted by Crippen LogP contribution is 2.32. The number of nitrogens with two attached hydrogens (primary N) is 1. The average molecular weight is 396 g/mol. The summed E-state index contributed by atoms with van der Waals surface area (Å²) in [5.41, 5.74) is 8.84. The highest BCUT2D eigenvalue weighted by Gasteiger charge is 2.26. The first-order valence-corrected chi connectivity index (χ1v) is 9.28. The van der Waals surface area contributed by atoms with Gasteiger partial charge in [0.2, 0.25) is 0 Å². The van der Waals surface area contributed by atoms with Crippen molar-refractivity contribution in [2.75, 3.05) is 12.8 Å². The molecule has 29 heavy (non-hydrogen) atoms. The number of hydrogen-bond donors (Lipinski definition) is 1. The zero-order valence-corrected chi connectivity index (χ0v) is 16.4. The van der Waals surface area contributed by atoms with Gasteiger partial charge in [0, 0.05) is 36.8 Å². The minimum atomic E-state index is -0.667. The third-order valence-electron chi connectivity index (χ3n) is 4.95. The predicted molar refractivity (Wildman–Crippen MR) is 105 cm³/mol. The van der Waals surface area contributed by atoms with E-state index in [2.05, 4.69) is 15.1 Å². The van der Waals surface area contributed by atoms with Crippen molar-refractivity contribution in [1.82, 2.24) is 24.6 Å². The highest BCUT2D eigenvalue weighted by atomic mass is 19.1. The van der Waals surface area contributed by atoms with Gasteiger partial charge in [-0.05, 0) is 32.0 Å². The quantitative estimate of drug-likeness (QED) is 0.679. The fraction of sp³-hybridized carbons (Fsp3) is 0.300. The van der Waals surface area contributed by atoms with Crippen molar-refractivity contribution in [3.63, 3.8) is 0 Å². The Bertz CT molecular complexity index is 1100. The maximum absolute atomic E-state index is 13.9.